The summed E-state index contributed by atoms with van der Waals surface area (Å²) in [5.74, 6) is -0.102. The lowest BCUT2D eigenvalue weighted by Crippen LogP contribution is -2.25. The lowest BCUT2D eigenvalue weighted by molar-refractivity contribution is 0.0949. The van der Waals surface area contributed by atoms with Crippen molar-refractivity contribution in [2.45, 2.75) is 20.4 Å². The van der Waals surface area contributed by atoms with Crippen LogP contribution in [0.15, 0.2) is 24.4 Å². The van der Waals surface area contributed by atoms with E-state index in [1.807, 2.05) is 32.0 Å². The molecule has 0 saturated carbocycles. The number of aryl methyl sites for hydroxylation is 3. The first-order valence-corrected chi connectivity index (χ1v) is 6.38. The van der Waals surface area contributed by atoms with Gasteiger partial charge in [0.25, 0.3) is 5.91 Å². The lowest BCUT2D eigenvalue weighted by atomic mass is 10.1. The van der Waals surface area contributed by atoms with Gasteiger partial charge in [-0.15, -0.1) is 0 Å². The first-order valence-electron chi connectivity index (χ1n) is 6.01. The van der Waals surface area contributed by atoms with Crippen molar-refractivity contribution in [2.75, 3.05) is 0 Å². The second kappa shape index (κ2) is 5.45. The number of hydrogen-bond acceptors (Lipinski definition) is 2. The Morgan fingerprint density at radius 1 is 1.42 bits per heavy atom. The van der Waals surface area contributed by atoms with Crippen LogP contribution in [0.1, 0.15) is 27.2 Å². The van der Waals surface area contributed by atoms with Gasteiger partial charge >= 0.3 is 0 Å². The Labute approximate surface area is 117 Å². The van der Waals surface area contributed by atoms with Crippen molar-refractivity contribution < 1.29 is 4.79 Å². The standard InChI is InChI=1S/C14H16ClN3O/c1-9-4-5-11(10(2)6-9)14(19)16-8-13-12(15)7-17-18(13)3/h4-7H,8H2,1-3H3,(H,16,19). The SMILES string of the molecule is Cc1ccc(C(=O)NCc2c(Cl)cnn2C)c(C)c1. The summed E-state index contributed by atoms with van der Waals surface area (Å²) in [5, 5.41) is 7.45. The van der Waals surface area contributed by atoms with Gasteiger partial charge in [-0.2, -0.15) is 5.10 Å². The molecule has 2 rings (SSSR count). The van der Waals surface area contributed by atoms with Gasteiger partial charge in [0.15, 0.2) is 0 Å². The Morgan fingerprint density at radius 2 is 2.16 bits per heavy atom. The quantitative estimate of drug-likeness (QED) is 0.937. The molecular formula is C14H16ClN3O. The van der Waals surface area contributed by atoms with Crippen molar-refractivity contribution in [3.05, 3.63) is 51.8 Å². The predicted octanol–water partition coefficient (Wildman–Crippen LogP) is 2.62. The van der Waals surface area contributed by atoms with Crippen LogP contribution in [0.3, 0.4) is 0 Å². The normalized spacial score (nSPS) is 10.5. The minimum absolute atomic E-state index is 0.102. The van der Waals surface area contributed by atoms with E-state index in [9.17, 15) is 4.79 Å². The number of rotatable bonds is 3. The maximum Gasteiger partial charge on any atom is 0.251 e. The third-order valence-electron chi connectivity index (χ3n) is 3.05. The molecule has 2 aromatic rings. The highest BCUT2D eigenvalue weighted by atomic mass is 35.5. The number of aromatic nitrogens is 2. The number of halogens is 1. The van der Waals surface area contributed by atoms with E-state index in [-0.39, 0.29) is 5.91 Å². The Balaban J connectivity index is 2.10. The van der Waals surface area contributed by atoms with Gasteiger partial charge in [-0.25, -0.2) is 0 Å². The van der Waals surface area contributed by atoms with Crippen molar-refractivity contribution in [1.29, 1.82) is 0 Å². The molecule has 0 spiro atoms. The number of nitrogens with zero attached hydrogens (tertiary/aromatic N) is 2. The van der Waals surface area contributed by atoms with Crippen LogP contribution < -0.4 is 5.32 Å². The molecule has 0 fully saturated rings. The Morgan fingerprint density at radius 3 is 2.74 bits per heavy atom. The second-order valence-corrected chi connectivity index (χ2v) is 4.97. The molecule has 5 heteroatoms. The number of hydrogen-bond donors (Lipinski definition) is 1. The molecule has 19 heavy (non-hydrogen) atoms. The molecule has 4 nitrogen and oxygen atoms in total. The van der Waals surface area contributed by atoms with Crippen molar-refractivity contribution in [2.24, 2.45) is 7.05 Å². The molecule has 0 aliphatic carbocycles. The molecule has 1 N–H and O–H groups in total. The average Bonchev–Trinajstić information content (AvgIpc) is 2.66. The van der Waals surface area contributed by atoms with E-state index in [1.54, 1.807) is 17.9 Å². The number of benzene rings is 1. The highest BCUT2D eigenvalue weighted by Crippen LogP contribution is 2.14. The minimum Gasteiger partial charge on any atom is -0.346 e. The fourth-order valence-electron chi connectivity index (χ4n) is 1.96. The third-order valence-corrected chi connectivity index (χ3v) is 3.37. The van der Waals surface area contributed by atoms with Crippen LogP contribution in [0.4, 0.5) is 0 Å². The van der Waals surface area contributed by atoms with Gasteiger partial charge in [-0.1, -0.05) is 29.3 Å². The molecule has 0 unspecified atom stereocenters. The maximum atomic E-state index is 12.1. The first kappa shape index (κ1) is 13.6. The molecule has 0 bridgehead atoms. The minimum atomic E-state index is -0.102. The summed E-state index contributed by atoms with van der Waals surface area (Å²) in [6.45, 7) is 4.30. The Hall–Kier alpha value is -1.81. The number of carbonyl (C=O) groups is 1. The van der Waals surface area contributed by atoms with E-state index in [4.69, 9.17) is 11.6 Å². The highest BCUT2D eigenvalue weighted by molar-refractivity contribution is 6.31. The molecule has 100 valence electrons. The molecule has 1 amide bonds. The molecule has 0 saturated heterocycles. The fourth-order valence-corrected chi connectivity index (χ4v) is 2.20. The molecule has 0 radical (unpaired) electrons. The summed E-state index contributed by atoms with van der Waals surface area (Å²) in [6.07, 6.45) is 1.57. The van der Waals surface area contributed by atoms with E-state index in [2.05, 4.69) is 10.4 Å². The molecule has 0 aliphatic rings. The zero-order chi connectivity index (χ0) is 14.0. The molecule has 1 aromatic carbocycles. The lowest BCUT2D eigenvalue weighted by Gasteiger charge is -2.09. The fraction of sp³-hybridized carbons (Fsp3) is 0.286. The van der Waals surface area contributed by atoms with Gasteiger partial charge in [0.2, 0.25) is 0 Å². The maximum absolute atomic E-state index is 12.1. The van der Waals surface area contributed by atoms with Crippen molar-refractivity contribution in [1.82, 2.24) is 15.1 Å². The van der Waals surface area contributed by atoms with E-state index < -0.39 is 0 Å². The van der Waals surface area contributed by atoms with Crippen LogP contribution in [0.2, 0.25) is 5.02 Å². The predicted molar refractivity (Wildman–Crippen MR) is 75.3 cm³/mol. The van der Waals surface area contributed by atoms with Gasteiger partial charge in [-0.05, 0) is 25.5 Å². The smallest absolute Gasteiger partial charge is 0.251 e. The van der Waals surface area contributed by atoms with Gasteiger partial charge in [-0.3, -0.25) is 9.48 Å². The number of carbonyl (C=O) groups excluding carboxylic acids is 1. The van der Waals surface area contributed by atoms with Crippen molar-refractivity contribution in [3.8, 4) is 0 Å². The van der Waals surface area contributed by atoms with Gasteiger partial charge in [0, 0.05) is 12.6 Å². The molecule has 1 heterocycles. The zero-order valence-electron chi connectivity index (χ0n) is 11.2. The topological polar surface area (TPSA) is 46.9 Å². The third kappa shape index (κ3) is 2.96. The summed E-state index contributed by atoms with van der Waals surface area (Å²) in [4.78, 5) is 12.1. The Kier molecular flexibility index (Phi) is 3.90. The molecule has 0 aliphatic heterocycles. The van der Waals surface area contributed by atoms with Crippen LogP contribution in [0.5, 0.6) is 0 Å². The van der Waals surface area contributed by atoms with Gasteiger partial charge in [0.1, 0.15) is 0 Å². The van der Waals surface area contributed by atoms with Crippen LogP contribution in [0.25, 0.3) is 0 Å². The largest absolute Gasteiger partial charge is 0.346 e. The van der Waals surface area contributed by atoms with E-state index in [1.165, 1.54) is 0 Å². The van der Waals surface area contributed by atoms with Crippen molar-refractivity contribution >= 4 is 17.5 Å². The van der Waals surface area contributed by atoms with Crippen LogP contribution in [-0.4, -0.2) is 15.7 Å². The van der Waals surface area contributed by atoms with Crippen LogP contribution in [-0.2, 0) is 13.6 Å². The second-order valence-electron chi connectivity index (χ2n) is 4.56. The summed E-state index contributed by atoms with van der Waals surface area (Å²) in [6, 6.07) is 5.76. The first-order chi connectivity index (χ1) is 8.99. The summed E-state index contributed by atoms with van der Waals surface area (Å²) in [5.41, 5.74) is 3.58. The summed E-state index contributed by atoms with van der Waals surface area (Å²) in [7, 11) is 1.80. The highest BCUT2D eigenvalue weighted by Gasteiger charge is 2.11. The monoisotopic (exact) mass is 277 g/mol. The van der Waals surface area contributed by atoms with Gasteiger partial charge in [0.05, 0.1) is 23.5 Å². The average molecular weight is 278 g/mol. The molecule has 1 aromatic heterocycles. The number of nitrogens with one attached hydrogen (secondary N) is 1. The molecular weight excluding hydrogens is 262 g/mol. The van der Waals surface area contributed by atoms with E-state index in [0.717, 1.165) is 16.8 Å². The van der Waals surface area contributed by atoms with E-state index >= 15 is 0 Å². The van der Waals surface area contributed by atoms with Crippen molar-refractivity contribution in [3.63, 3.8) is 0 Å². The van der Waals surface area contributed by atoms with Crippen LogP contribution in [0, 0.1) is 13.8 Å². The zero-order valence-corrected chi connectivity index (χ0v) is 12.0. The molecule has 0 atom stereocenters. The van der Waals surface area contributed by atoms with Gasteiger partial charge < -0.3 is 5.32 Å². The van der Waals surface area contributed by atoms with Crippen LogP contribution >= 0.6 is 11.6 Å². The summed E-state index contributed by atoms with van der Waals surface area (Å²) < 4.78 is 1.66. The number of amides is 1. The van der Waals surface area contributed by atoms with E-state index in [0.29, 0.717) is 17.1 Å². The summed E-state index contributed by atoms with van der Waals surface area (Å²) >= 11 is 5.99. The Bertz CT molecular complexity index is 600.